The molecule has 1 aliphatic rings. The minimum absolute atomic E-state index is 0.654. The first-order valence-corrected chi connectivity index (χ1v) is 9.19. The molecule has 0 radical (unpaired) electrons. The van der Waals surface area contributed by atoms with Crippen LogP contribution in [0.2, 0.25) is 0 Å². The van der Waals surface area contributed by atoms with Crippen molar-refractivity contribution < 1.29 is 4.52 Å². The van der Waals surface area contributed by atoms with Gasteiger partial charge in [-0.2, -0.15) is 0 Å². The summed E-state index contributed by atoms with van der Waals surface area (Å²) in [6.45, 7) is 9.69. The van der Waals surface area contributed by atoms with E-state index >= 15 is 0 Å². The lowest BCUT2D eigenvalue weighted by molar-refractivity contribution is 0.400. The van der Waals surface area contributed by atoms with Crippen LogP contribution in [0, 0.1) is 20.8 Å². The summed E-state index contributed by atoms with van der Waals surface area (Å²) in [4.78, 5) is 13.8. The van der Waals surface area contributed by atoms with Crippen molar-refractivity contribution in [3.05, 3.63) is 53.5 Å². The van der Waals surface area contributed by atoms with Gasteiger partial charge in [-0.25, -0.2) is 9.97 Å². The Kier molecular flexibility index (Phi) is 4.66. The number of nitrogens with one attached hydrogen (secondary N) is 1. The molecule has 1 aliphatic heterocycles. The standard InChI is InChI=1S/C20H24N6O/c1-14-5-4-6-17(11-14)25-7-9-26(10-8-25)20-13-18(21-16(3)22-20)23-19-12-15(2)27-24-19/h4-6,11-13H,7-10H2,1-3H3,(H,21,22,23,24). The normalized spacial score (nSPS) is 14.5. The van der Waals surface area contributed by atoms with Crippen molar-refractivity contribution >= 4 is 23.1 Å². The van der Waals surface area contributed by atoms with E-state index in [1.807, 2.05) is 26.0 Å². The molecule has 0 aliphatic carbocycles. The first-order chi connectivity index (χ1) is 13.1. The smallest absolute Gasteiger partial charge is 0.175 e. The zero-order valence-electron chi connectivity index (χ0n) is 15.9. The van der Waals surface area contributed by atoms with Crippen molar-refractivity contribution in [1.82, 2.24) is 15.1 Å². The van der Waals surface area contributed by atoms with E-state index in [1.54, 1.807) is 0 Å². The van der Waals surface area contributed by atoms with Gasteiger partial charge in [0.05, 0.1) is 0 Å². The molecule has 140 valence electrons. The summed E-state index contributed by atoms with van der Waals surface area (Å²) >= 11 is 0. The summed E-state index contributed by atoms with van der Waals surface area (Å²) < 4.78 is 5.10. The van der Waals surface area contributed by atoms with E-state index in [0.717, 1.165) is 49.4 Å². The third-order valence-electron chi connectivity index (χ3n) is 4.68. The van der Waals surface area contributed by atoms with Crippen LogP contribution in [0.4, 0.5) is 23.1 Å². The first kappa shape index (κ1) is 17.3. The Morgan fingerprint density at radius 3 is 2.37 bits per heavy atom. The Morgan fingerprint density at radius 1 is 0.889 bits per heavy atom. The molecule has 0 spiro atoms. The van der Waals surface area contributed by atoms with Crippen LogP contribution in [0.3, 0.4) is 0 Å². The summed E-state index contributed by atoms with van der Waals surface area (Å²) in [7, 11) is 0. The highest BCUT2D eigenvalue weighted by Crippen LogP contribution is 2.23. The maximum Gasteiger partial charge on any atom is 0.175 e. The summed E-state index contributed by atoms with van der Waals surface area (Å²) in [5.41, 5.74) is 2.58. The Morgan fingerprint density at radius 2 is 1.67 bits per heavy atom. The topological polar surface area (TPSA) is 70.3 Å². The van der Waals surface area contributed by atoms with Crippen molar-refractivity contribution in [3.8, 4) is 0 Å². The number of piperazine rings is 1. The molecule has 0 amide bonds. The Balaban J connectivity index is 1.46. The van der Waals surface area contributed by atoms with Crippen molar-refractivity contribution in [2.75, 3.05) is 41.3 Å². The molecule has 1 saturated heterocycles. The van der Waals surface area contributed by atoms with E-state index in [0.29, 0.717) is 5.82 Å². The molecule has 1 N–H and O–H groups in total. The molecule has 1 fully saturated rings. The second-order valence-electron chi connectivity index (χ2n) is 6.92. The summed E-state index contributed by atoms with van der Waals surface area (Å²) in [6, 6.07) is 12.5. The van der Waals surface area contributed by atoms with Gasteiger partial charge in [0.2, 0.25) is 0 Å². The van der Waals surface area contributed by atoms with Crippen molar-refractivity contribution in [2.24, 2.45) is 0 Å². The molecular formula is C20H24N6O. The zero-order valence-corrected chi connectivity index (χ0v) is 15.9. The molecule has 0 saturated carbocycles. The van der Waals surface area contributed by atoms with E-state index in [9.17, 15) is 0 Å². The van der Waals surface area contributed by atoms with Crippen LogP contribution in [-0.2, 0) is 0 Å². The monoisotopic (exact) mass is 364 g/mol. The van der Waals surface area contributed by atoms with E-state index < -0.39 is 0 Å². The minimum atomic E-state index is 0.654. The average molecular weight is 364 g/mol. The fourth-order valence-corrected chi connectivity index (χ4v) is 3.35. The van der Waals surface area contributed by atoms with Gasteiger partial charge in [0.1, 0.15) is 23.2 Å². The predicted octanol–water partition coefficient (Wildman–Crippen LogP) is 3.46. The number of nitrogens with zero attached hydrogens (tertiary/aromatic N) is 5. The molecule has 7 nitrogen and oxygen atoms in total. The number of anilines is 4. The SMILES string of the molecule is Cc1cccc(N2CCN(c3cc(Nc4cc(C)on4)nc(C)n3)CC2)c1. The second kappa shape index (κ2) is 7.26. The van der Waals surface area contributed by atoms with Crippen LogP contribution < -0.4 is 15.1 Å². The molecule has 0 atom stereocenters. The highest BCUT2D eigenvalue weighted by atomic mass is 16.5. The Labute approximate surface area is 159 Å². The molecule has 4 rings (SSSR count). The molecule has 3 aromatic rings. The predicted molar refractivity (Wildman–Crippen MR) is 107 cm³/mol. The van der Waals surface area contributed by atoms with E-state index in [4.69, 9.17) is 4.52 Å². The van der Waals surface area contributed by atoms with Gasteiger partial charge < -0.3 is 19.6 Å². The lowest BCUT2D eigenvalue weighted by Gasteiger charge is -2.37. The van der Waals surface area contributed by atoms with E-state index in [1.165, 1.54) is 11.3 Å². The molecule has 1 aromatic carbocycles. The number of aromatic nitrogens is 3. The number of hydrogen-bond acceptors (Lipinski definition) is 7. The molecular weight excluding hydrogens is 340 g/mol. The van der Waals surface area contributed by atoms with Crippen molar-refractivity contribution in [1.29, 1.82) is 0 Å². The first-order valence-electron chi connectivity index (χ1n) is 9.19. The summed E-state index contributed by atoms with van der Waals surface area (Å²) in [6.07, 6.45) is 0. The van der Waals surface area contributed by atoms with Gasteiger partial charge in [0.15, 0.2) is 5.82 Å². The van der Waals surface area contributed by atoms with Crippen molar-refractivity contribution in [2.45, 2.75) is 20.8 Å². The lowest BCUT2D eigenvalue weighted by Crippen LogP contribution is -2.47. The maximum atomic E-state index is 5.10. The van der Waals surface area contributed by atoms with Crippen LogP contribution in [0.5, 0.6) is 0 Å². The summed E-state index contributed by atoms with van der Waals surface area (Å²) in [5.74, 6) is 3.81. The Hall–Kier alpha value is -3.09. The van der Waals surface area contributed by atoms with Crippen LogP contribution >= 0.6 is 0 Å². The van der Waals surface area contributed by atoms with Gasteiger partial charge in [-0.15, -0.1) is 0 Å². The minimum Gasteiger partial charge on any atom is -0.368 e. The molecule has 27 heavy (non-hydrogen) atoms. The van der Waals surface area contributed by atoms with Gasteiger partial charge in [-0.1, -0.05) is 17.3 Å². The van der Waals surface area contributed by atoms with Crippen LogP contribution in [0.1, 0.15) is 17.1 Å². The van der Waals surface area contributed by atoms with Gasteiger partial charge in [0, 0.05) is 44.0 Å². The summed E-state index contributed by atoms with van der Waals surface area (Å²) in [5, 5.41) is 7.16. The van der Waals surface area contributed by atoms with Crippen LogP contribution in [-0.4, -0.2) is 41.3 Å². The van der Waals surface area contributed by atoms with Crippen molar-refractivity contribution in [3.63, 3.8) is 0 Å². The largest absolute Gasteiger partial charge is 0.368 e. The van der Waals surface area contributed by atoms with Gasteiger partial charge in [0.25, 0.3) is 0 Å². The fourth-order valence-electron chi connectivity index (χ4n) is 3.35. The second-order valence-corrected chi connectivity index (χ2v) is 6.92. The van der Waals surface area contributed by atoms with Crippen LogP contribution in [0.15, 0.2) is 40.9 Å². The number of hydrogen-bond donors (Lipinski definition) is 1. The fraction of sp³-hybridized carbons (Fsp3) is 0.350. The molecule has 3 heterocycles. The Bertz CT molecular complexity index is 930. The zero-order chi connectivity index (χ0) is 18.8. The number of rotatable bonds is 4. The third-order valence-corrected chi connectivity index (χ3v) is 4.68. The maximum absolute atomic E-state index is 5.10. The highest BCUT2D eigenvalue weighted by molar-refractivity contribution is 5.58. The number of benzene rings is 1. The molecule has 0 unspecified atom stereocenters. The van der Waals surface area contributed by atoms with Gasteiger partial charge in [-0.3, -0.25) is 0 Å². The quantitative estimate of drug-likeness (QED) is 0.760. The van der Waals surface area contributed by atoms with E-state index in [-0.39, 0.29) is 0 Å². The highest BCUT2D eigenvalue weighted by Gasteiger charge is 2.19. The van der Waals surface area contributed by atoms with Gasteiger partial charge >= 0.3 is 0 Å². The molecule has 0 bridgehead atoms. The molecule has 2 aromatic heterocycles. The third kappa shape index (κ3) is 4.02. The molecule has 7 heteroatoms. The van der Waals surface area contributed by atoms with Gasteiger partial charge in [-0.05, 0) is 38.5 Å². The lowest BCUT2D eigenvalue weighted by atomic mass is 10.2. The average Bonchev–Trinajstić information content (AvgIpc) is 3.06. The van der Waals surface area contributed by atoms with E-state index in [2.05, 4.69) is 61.4 Å². The number of aryl methyl sites for hydroxylation is 3. The van der Waals surface area contributed by atoms with Crippen LogP contribution in [0.25, 0.3) is 0 Å².